The molecule has 2 heterocycles. The van der Waals surface area contributed by atoms with Crippen molar-refractivity contribution < 1.29 is 14.3 Å². The first-order valence-corrected chi connectivity index (χ1v) is 11.5. The lowest BCUT2D eigenvalue weighted by Gasteiger charge is -2.18. The second-order valence-electron chi connectivity index (χ2n) is 7.61. The van der Waals surface area contributed by atoms with E-state index >= 15 is 0 Å². The summed E-state index contributed by atoms with van der Waals surface area (Å²) in [5.74, 6) is 1.99. The summed E-state index contributed by atoms with van der Waals surface area (Å²) in [6, 6.07) is 11.6. The van der Waals surface area contributed by atoms with Crippen molar-refractivity contribution in [2.24, 2.45) is 0 Å². The maximum Gasteiger partial charge on any atom is 0.217 e. The van der Waals surface area contributed by atoms with Crippen molar-refractivity contribution in [1.82, 2.24) is 20.3 Å². The Morgan fingerprint density at radius 3 is 2.79 bits per heavy atom. The van der Waals surface area contributed by atoms with Crippen molar-refractivity contribution in [1.29, 1.82) is 0 Å². The number of hydrogen-bond donors (Lipinski definition) is 2. The van der Waals surface area contributed by atoms with E-state index in [1.807, 2.05) is 55.6 Å². The van der Waals surface area contributed by atoms with Crippen molar-refractivity contribution in [2.45, 2.75) is 33.5 Å². The van der Waals surface area contributed by atoms with E-state index in [2.05, 4.69) is 25.6 Å². The number of anilines is 2. The van der Waals surface area contributed by atoms with Crippen molar-refractivity contribution in [3.8, 4) is 11.5 Å². The zero-order chi connectivity index (χ0) is 23.2. The third kappa shape index (κ3) is 5.75. The highest BCUT2D eigenvalue weighted by molar-refractivity contribution is 7.07. The third-order valence-corrected chi connectivity index (χ3v) is 5.52. The first-order chi connectivity index (χ1) is 16.0. The molecule has 0 saturated heterocycles. The fourth-order valence-electron chi connectivity index (χ4n) is 3.30. The maximum absolute atomic E-state index is 11.2. The molecule has 4 rings (SSSR count). The zero-order valence-corrected chi connectivity index (χ0v) is 19.5. The van der Waals surface area contributed by atoms with Crippen LogP contribution in [-0.4, -0.2) is 33.5 Å². The monoisotopic (exact) mass is 463 g/mol. The molecule has 8 nitrogen and oxygen atoms in total. The first kappa shape index (κ1) is 22.5. The van der Waals surface area contributed by atoms with Crippen LogP contribution in [-0.2, 0) is 11.4 Å². The Bertz CT molecular complexity index is 1240. The minimum absolute atomic E-state index is 0.0940. The predicted octanol–water partition coefficient (Wildman–Crippen LogP) is 4.62. The number of aryl methyl sites for hydroxylation is 1. The number of hydrogen-bond acceptors (Lipinski definition) is 8. The fourth-order valence-corrected chi connectivity index (χ4v) is 3.85. The minimum atomic E-state index is -0.219. The van der Waals surface area contributed by atoms with Crippen LogP contribution >= 0.6 is 11.3 Å². The molecule has 4 aromatic rings. The molecule has 0 fully saturated rings. The predicted molar refractivity (Wildman–Crippen MR) is 129 cm³/mol. The molecule has 0 aliphatic carbocycles. The summed E-state index contributed by atoms with van der Waals surface area (Å²) < 4.78 is 12.0. The molecule has 9 heteroatoms. The molecule has 2 N–H and O–H groups in total. The number of rotatable bonds is 9. The lowest BCUT2D eigenvalue weighted by molar-refractivity contribution is -0.119. The number of thiazole rings is 1. The SMILES string of the molecule is CC(=O)NC[C@@H](C)Oc1cccc2ncnc(Nc3ccc(OCc4cscn4)c(C)c3)c12. The molecule has 1 amide bonds. The van der Waals surface area contributed by atoms with E-state index in [9.17, 15) is 4.79 Å². The van der Waals surface area contributed by atoms with Gasteiger partial charge in [-0.25, -0.2) is 15.0 Å². The van der Waals surface area contributed by atoms with E-state index in [4.69, 9.17) is 9.47 Å². The van der Waals surface area contributed by atoms with Crippen molar-refractivity contribution in [3.05, 3.63) is 64.9 Å². The second-order valence-corrected chi connectivity index (χ2v) is 8.33. The number of aromatic nitrogens is 3. The summed E-state index contributed by atoms with van der Waals surface area (Å²) in [6.45, 7) is 6.23. The van der Waals surface area contributed by atoms with Crippen LogP contribution in [0.3, 0.4) is 0 Å². The number of ether oxygens (including phenoxy) is 2. The largest absolute Gasteiger partial charge is 0.488 e. The number of carbonyl (C=O) groups excluding carboxylic acids is 1. The van der Waals surface area contributed by atoms with Gasteiger partial charge in [0, 0.05) is 18.0 Å². The number of nitrogens with one attached hydrogen (secondary N) is 2. The van der Waals surface area contributed by atoms with Crippen LogP contribution in [0, 0.1) is 6.92 Å². The number of nitrogens with zero attached hydrogens (tertiary/aromatic N) is 3. The first-order valence-electron chi connectivity index (χ1n) is 10.5. The lowest BCUT2D eigenvalue weighted by Crippen LogP contribution is -2.32. The highest BCUT2D eigenvalue weighted by Crippen LogP contribution is 2.33. The van der Waals surface area contributed by atoms with Gasteiger partial charge in [-0.05, 0) is 49.7 Å². The summed E-state index contributed by atoms with van der Waals surface area (Å²) in [6.07, 6.45) is 1.30. The molecule has 2 aromatic carbocycles. The van der Waals surface area contributed by atoms with Gasteiger partial charge >= 0.3 is 0 Å². The number of benzene rings is 2. The third-order valence-electron chi connectivity index (χ3n) is 4.89. The molecule has 0 unspecified atom stereocenters. The topological polar surface area (TPSA) is 98.3 Å². The second kappa shape index (κ2) is 10.3. The van der Waals surface area contributed by atoms with Gasteiger partial charge in [0.25, 0.3) is 0 Å². The van der Waals surface area contributed by atoms with Gasteiger partial charge in [-0.3, -0.25) is 4.79 Å². The Kier molecular flexibility index (Phi) is 6.99. The molecule has 1 atom stereocenters. The lowest BCUT2D eigenvalue weighted by atomic mass is 10.1. The fraction of sp³-hybridized carbons (Fsp3) is 0.250. The van der Waals surface area contributed by atoms with Gasteiger partial charge in [0.2, 0.25) is 5.91 Å². The van der Waals surface area contributed by atoms with Crippen LogP contribution in [0.1, 0.15) is 25.1 Å². The van der Waals surface area contributed by atoms with Gasteiger partial charge in [0.05, 0.1) is 28.7 Å². The van der Waals surface area contributed by atoms with Gasteiger partial charge in [-0.15, -0.1) is 11.3 Å². The molecule has 2 aromatic heterocycles. The Labute approximate surface area is 196 Å². The Balaban J connectivity index is 1.54. The summed E-state index contributed by atoms with van der Waals surface area (Å²) in [4.78, 5) is 24.3. The van der Waals surface area contributed by atoms with Gasteiger partial charge < -0.3 is 20.1 Å². The molecule has 0 radical (unpaired) electrons. The summed E-state index contributed by atoms with van der Waals surface area (Å²) in [5.41, 5.74) is 5.33. The van der Waals surface area contributed by atoms with Gasteiger partial charge in [-0.1, -0.05) is 6.07 Å². The smallest absolute Gasteiger partial charge is 0.217 e. The van der Waals surface area contributed by atoms with Gasteiger partial charge in [0.1, 0.15) is 36.4 Å². The summed E-state index contributed by atoms with van der Waals surface area (Å²) in [7, 11) is 0. The molecule has 170 valence electrons. The number of amides is 1. The molecule has 0 aliphatic rings. The van der Waals surface area contributed by atoms with E-state index in [0.717, 1.165) is 33.6 Å². The Morgan fingerprint density at radius 2 is 2.03 bits per heavy atom. The van der Waals surface area contributed by atoms with Crippen LogP contribution in [0.5, 0.6) is 11.5 Å². The van der Waals surface area contributed by atoms with Crippen molar-refractivity contribution in [2.75, 3.05) is 11.9 Å². The van der Waals surface area contributed by atoms with E-state index in [0.29, 0.717) is 24.7 Å². The molecule has 0 bridgehead atoms. The van der Waals surface area contributed by atoms with Crippen LogP contribution in [0.15, 0.2) is 53.6 Å². The van der Waals surface area contributed by atoms with Crippen LogP contribution < -0.4 is 20.1 Å². The van der Waals surface area contributed by atoms with Crippen molar-refractivity contribution in [3.63, 3.8) is 0 Å². The molecular formula is C24H25N5O3S. The standard InChI is InChI=1S/C24H25N5O3S/c1-15-9-18(7-8-21(15)31-11-19-12-33-14-28-19)29-24-23-20(26-13-27-24)5-4-6-22(23)32-16(2)10-25-17(3)30/h4-9,12-14,16H,10-11H2,1-3H3,(H,25,30)(H,26,27,29)/t16-/m1/s1. The maximum atomic E-state index is 11.2. The zero-order valence-electron chi connectivity index (χ0n) is 18.7. The summed E-state index contributed by atoms with van der Waals surface area (Å²) >= 11 is 1.55. The highest BCUT2D eigenvalue weighted by Gasteiger charge is 2.14. The number of fused-ring (bicyclic) bond motifs is 1. The summed E-state index contributed by atoms with van der Waals surface area (Å²) in [5, 5.41) is 8.90. The Morgan fingerprint density at radius 1 is 1.15 bits per heavy atom. The molecular weight excluding hydrogens is 438 g/mol. The average Bonchev–Trinajstić information content (AvgIpc) is 3.31. The average molecular weight is 464 g/mol. The molecule has 0 spiro atoms. The van der Waals surface area contributed by atoms with E-state index < -0.39 is 0 Å². The Hall–Kier alpha value is -3.72. The quantitative estimate of drug-likeness (QED) is 0.374. The van der Waals surface area contributed by atoms with Crippen LogP contribution in [0.25, 0.3) is 10.9 Å². The molecule has 0 saturated carbocycles. The highest BCUT2D eigenvalue weighted by atomic mass is 32.1. The van der Waals surface area contributed by atoms with E-state index in [1.165, 1.54) is 13.3 Å². The van der Waals surface area contributed by atoms with Gasteiger partial charge in [-0.2, -0.15) is 0 Å². The molecule has 33 heavy (non-hydrogen) atoms. The van der Waals surface area contributed by atoms with Gasteiger partial charge in [0.15, 0.2) is 0 Å². The van der Waals surface area contributed by atoms with Crippen LogP contribution in [0.2, 0.25) is 0 Å². The normalized spacial score (nSPS) is 11.7. The minimum Gasteiger partial charge on any atom is -0.488 e. The van der Waals surface area contributed by atoms with E-state index in [-0.39, 0.29) is 12.0 Å². The van der Waals surface area contributed by atoms with Crippen LogP contribution in [0.4, 0.5) is 11.5 Å². The van der Waals surface area contributed by atoms with E-state index in [1.54, 1.807) is 16.8 Å². The molecule has 0 aliphatic heterocycles. The number of carbonyl (C=O) groups is 1. The van der Waals surface area contributed by atoms with Crippen molar-refractivity contribution >= 4 is 39.7 Å².